The van der Waals surface area contributed by atoms with Crippen LogP contribution < -0.4 is 11.1 Å². The predicted octanol–water partition coefficient (Wildman–Crippen LogP) is 2.67. The van der Waals surface area contributed by atoms with E-state index in [0.29, 0.717) is 21.8 Å². The van der Waals surface area contributed by atoms with Crippen molar-refractivity contribution in [3.63, 3.8) is 0 Å². The van der Waals surface area contributed by atoms with E-state index in [-0.39, 0.29) is 18.7 Å². The third-order valence-electron chi connectivity index (χ3n) is 2.95. The van der Waals surface area contributed by atoms with E-state index in [1.54, 1.807) is 23.6 Å². The lowest BCUT2D eigenvalue weighted by atomic mass is 10.0. The van der Waals surface area contributed by atoms with Crippen LogP contribution in [0.5, 0.6) is 0 Å². The number of carbonyl (C=O) groups is 2. The fourth-order valence-electron chi connectivity index (χ4n) is 1.91. The molecule has 1 amide bonds. The third kappa shape index (κ3) is 3.62. The van der Waals surface area contributed by atoms with Crippen LogP contribution >= 0.6 is 11.3 Å². The highest BCUT2D eigenvalue weighted by molar-refractivity contribution is 7.14. The summed E-state index contributed by atoms with van der Waals surface area (Å²) in [5.41, 5.74) is 8.18. The molecule has 1 aromatic heterocycles. The first-order valence-corrected chi connectivity index (χ1v) is 7.28. The molecule has 0 radical (unpaired) electrons. The molecule has 0 saturated carbocycles. The standard InChI is InChI=1S/C15H13N3O3S/c16-7-11-12(8-22-15(11)17)9-2-1-3-10(6-9)18-13(19)4-5-14(20)21/h1-3,6,8H,4-5,17H2,(H,18,19)(H,20,21). The first-order valence-electron chi connectivity index (χ1n) is 6.40. The Bertz CT molecular complexity index is 762. The third-order valence-corrected chi connectivity index (χ3v) is 3.77. The van der Waals surface area contributed by atoms with Gasteiger partial charge in [0.15, 0.2) is 0 Å². The van der Waals surface area contributed by atoms with Crippen molar-refractivity contribution in [2.24, 2.45) is 0 Å². The lowest BCUT2D eigenvalue weighted by molar-refractivity contribution is -0.138. The van der Waals surface area contributed by atoms with Gasteiger partial charge in [-0.1, -0.05) is 12.1 Å². The van der Waals surface area contributed by atoms with Crippen molar-refractivity contribution < 1.29 is 14.7 Å². The fourth-order valence-corrected chi connectivity index (χ4v) is 2.68. The minimum Gasteiger partial charge on any atom is -0.481 e. The molecule has 22 heavy (non-hydrogen) atoms. The summed E-state index contributed by atoms with van der Waals surface area (Å²) in [6.45, 7) is 0. The highest BCUT2D eigenvalue weighted by atomic mass is 32.1. The van der Waals surface area contributed by atoms with Gasteiger partial charge in [-0.25, -0.2) is 0 Å². The van der Waals surface area contributed by atoms with E-state index in [4.69, 9.17) is 16.1 Å². The molecule has 2 rings (SSSR count). The molecule has 0 saturated heterocycles. The van der Waals surface area contributed by atoms with Crippen LogP contribution in [0.4, 0.5) is 10.7 Å². The molecule has 0 atom stereocenters. The number of amides is 1. The number of carboxylic acid groups (broad SMARTS) is 1. The summed E-state index contributed by atoms with van der Waals surface area (Å²) in [7, 11) is 0. The second-order valence-electron chi connectivity index (χ2n) is 4.52. The van der Waals surface area contributed by atoms with Crippen LogP contribution in [0.2, 0.25) is 0 Å². The molecule has 1 aromatic carbocycles. The molecule has 7 heteroatoms. The lowest BCUT2D eigenvalue weighted by Gasteiger charge is -2.06. The Morgan fingerprint density at radius 3 is 2.82 bits per heavy atom. The largest absolute Gasteiger partial charge is 0.481 e. The molecule has 0 aliphatic carbocycles. The summed E-state index contributed by atoms with van der Waals surface area (Å²) in [4.78, 5) is 22.1. The average Bonchev–Trinajstić information content (AvgIpc) is 2.86. The van der Waals surface area contributed by atoms with Gasteiger partial charge < -0.3 is 16.2 Å². The molecule has 4 N–H and O–H groups in total. The Balaban J connectivity index is 2.18. The number of hydrogen-bond acceptors (Lipinski definition) is 5. The van der Waals surface area contributed by atoms with Gasteiger partial charge >= 0.3 is 5.97 Å². The summed E-state index contributed by atoms with van der Waals surface area (Å²) < 4.78 is 0. The SMILES string of the molecule is N#Cc1c(-c2cccc(NC(=O)CCC(=O)O)c2)csc1N. The van der Waals surface area contributed by atoms with Gasteiger partial charge in [-0.15, -0.1) is 11.3 Å². The molecule has 112 valence electrons. The molecule has 0 aliphatic heterocycles. The predicted molar refractivity (Wildman–Crippen MR) is 84.4 cm³/mol. The second-order valence-corrected chi connectivity index (χ2v) is 5.43. The molecule has 0 spiro atoms. The Morgan fingerprint density at radius 2 is 2.14 bits per heavy atom. The molecule has 6 nitrogen and oxygen atoms in total. The molecule has 0 unspecified atom stereocenters. The number of hydrogen-bond donors (Lipinski definition) is 3. The molecular weight excluding hydrogens is 302 g/mol. The van der Waals surface area contributed by atoms with Gasteiger partial charge in [0.1, 0.15) is 11.1 Å². The van der Waals surface area contributed by atoms with Gasteiger partial charge in [-0.05, 0) is 17.7 Å². The number of rotatable bonds is 5. The van der Waals surface area contributed by atoms with Gasteiger partial charge in [0.2, 0.25) is 5.91 Å². The van der Waals surface area contributed by atoms with Crippen molar-refractivity contribution in [3.8, 4) is 17.2 Å². The number of carboxylic acids is 1. The van der Waals surface area contributed by atoms with Crippen molar-refractivity contribution in [2.45, 2.75) is 12.8 Å². The van der Waals surface area contributed by atoms with E-state index >= 15 is 0 Å². The quantitative estimate of drug-likeness (QED) is 0.784. The summed E-state index contributed by atoms with van der Waals surface area (Å²) in [6.07, 6.45) is -0.306. The smallest absolute Gasteiger partial charge is 0.303 e. The highest BCUT2D eigenvalue weighted by Gasteiger charge is 2.12. The molecule has 1 heterocycles. The summed E-state index contributed by atoms with van der Waals surface area (Å²) in [5.74, 6) is -1.39. The number of carbonyl (C=O) groups excluding carboxylic acids is 1. The van der Waals surface area contributed by atoms with E-state index in [1.165, 1.54) is 11.3 Å². The van der Waals surface area contributed by atoms with Crippen LogP contribution in [0.1, 0.15) is 18.4 Å². The van der Waals surface area contributed by atoms with Crippen molar-refractivity contribution in [1.82, 2.24) is 0 Å². The Kier molecular flexibility index (Phi) is 4.76. The topological polar surface area (TPSA) is 116 Å². The first kappa shape index (κ1) is 15.5. The summed E-state index contributed by atoms with van der Waals surface area (Å²) >= 11 is 1.28. The highest BCUT2D eigenvalue weighted by Crippen LogP contribution is 2.33. The number of nitrogen functional groups attached to an aromatic ring is 1. The number of benzene rings is 1. The van der Waals surface area contributed by atoms with Gasteiger partial charge in [-0.2, -0.15) is 5.26 Å². The minimum absolute atomic E-state index is 0.0889. The number of nitrogens with two attached hydrogens (primary N) is 1. The van der Waals surface area contributed by atoms with Gasteiger partial charge in [0, 0.05) is 23.1 Å². The number of nitrogens with one attached hydrogen (secondary N) is 1. The lowest BCUT2D eigenvalue weighted by Crippen LogP contribution is -2.13. The molecule has 0 fully saturated rings. The van der Waals surface area contributed by atoms with Crippen molar-refractivity contribution >= 4 is 33.9 Å². The molecule has 0 bridgehead atoms. The molecule has 2 aromatic rings. The number of anilines is 2. The maximum Gasteiger partial charge on any atom is 0.303 e. The second kappa shape index (κ2) is 6.74. The number of nitriles is 1. The zero-order valence-corrected chi connectivity index (χ0v) is 12.3. The molecular formula is C15H13N3O3S. The van der Waals surface area contributed by atoms with Gasteiger partial charge in [0.25, 0.3) is 0 Å². The Labute approximate surface area is 130 Å². The van der Waals surface area contributed by atoms with Crippen LogP contribution in [0, 0.1) is 11.3 Å². The van der Waals surface area contributed by atoms with Crippen LogP contribution in [0.25, 0.3) is 11.1 Å². The van der Waals surface area contributed by atoms with Crippen molar-refractivity contribution in [2.75, 3.05) is 11.1 Å². The van der Waals surface area contributed by atoms with Crippen LogP contribution in [0.15, 0.2) is 29.6 Å². The average molecular weight is 315 g/mol. The Morgan fingerprint density at radius 1 is 1.36 bits per heavy atom. The van der Waals surface area contributed by atoms with Crippen LogP contribution in [-0.2, 0) is 9.59 Å². The van der Waals surface area contributed by atoms with Gasteiger partial charge in [-0.3, -0.25) is 9.59 Å². The maximum atomic E-state index is 11.6. The summed E-state index contributed by atoms with van der Waals surface area (Å²) in [5, 5.41) is 22.6. The van der Waals surface area contributed by atoms with E-state index in [1.807, 2.05) is 6.07 Å². The van der Waals surface area contributed by atoms with Crippen LogP contribution in [0.3, 0.4) is 0 Å². The monoisotopic (exact) mass is 315 g/mol. The fraction of sp³-hybridized carbons (Fsp3) is 0.133. The minimum atomic E-state index is -1.02. The van der Waals surface area contributed by atoms with Crippen molar-refractivity contribution in [3.05, 3.63) is 35.2 Å². The zero-order valence-electron chi connectivity index (χ0n) is 11.5. The molecule has 0 aliphatic rings. The first-order chi connectivity index (χ1) is 10.5. The van der Waals surface area contributed by atoms with Crippen molar-refractivity contribution in [1.29, 1.82) is 5.26 Å². The number of thiophene rings is 1. The van der Waals surface area contributed by atoms with E-state index < -0.39 is 5.97 Å². The van der Waals surface area contributed by atoms with Gasteiger partial charge in [0.05, 0.1) is 12.0 Å². The normalized spacial score (nSPS) is 9.95. The number of aliphatic carboxylic acids is 1. The van der Waals surface area contributed by atoms with E-state index in [2.05, 4.69) is 11.4 Å². The number of nitrogens with zero attached hydrogens (tertiary/aromatic N) is 1. The zero-order chi connectivity index (χ0) is 16.1. The maximum absolute atomic E-state index is 11.6. The van der Waals surface area contributed by atoms with E-state index in [0.717, 1.165) is 5.56 Å². The summed E-state index contributed by atoms with van der Waals surface area (Å²) in [6, 6.07) is 9.05. The van der Waals surface area contributed by atoms with E-state index in [9.17, 15) is 9.59 Å². The van der Waals surface area contributed by atoms with Crippen LogP contribution in [-0.4, -0.2) is 17.0 Å². The Hall–Kier alpha value is -2.85.